The lowest BCUT2D eigenvalue weighted by atomic mass is 10.4. The van der Waals surface area contributed by atoms with Gasteiger partial charge >= 0.3 is 0 Å². The molecule has 0 spiro atoms. The molecule has 3 heterocycles. The molecule has 0 N–H and O–H groups in total. The molecule has 4 nitrogen and oxygen atoms in total. The number of hydrogen-bond donors (Lipinski definition) is 0. The van der Waals surface area contributed by atoms with E-state index in [0.29, 0.717) is 5.52 Å². The van der Waals surface area contributed by atoms with Gasteiger partial charge in [-0.15, -0.1) is 0 Å². The topological polar surface area (TPSA) is 38.1 Å². The molecular formula is C12H15N3OS. The molecule has 90 valence electrons. The molecule has 17 heavy (non-hydrogen) atoms. The number of aromatic nitrogens is 2. The van der Waals surface area contributed by atoms with Crippen LogP contribution in [-0.2, 0) is 6.54 Å². The molecule has 1 aliphatic heterocycles. The van der Waals surface area contributed by atoms with Crippen LogP contribution in [0.5, 0.6) is 0 Å². The fourth-order valence-corrected chi connectivity index (χ4v) is 3.23. The minimum Gasteiger partial charge on any atom is -0.302 e. The van der Waals surface area contributed by atoms with Gasteiger partial charge in [0.2, 0.25) is 0 Å². The van der Waals surface area contributed by atoms with E-state index in [2.05, 4.69) is 9.88 Å². The van der Waals surface area contributed by atoms with Crippen LogP contribution < -0.4 is 5.56 Å². The van der Waals surface area contributed by atoms with E-state index >= 15 is 0 Å². The lowest BCUT2D eigenvalue weighted by Crippen LogP contribution is -2.26. The number of pyridine rings is 1. The molecule has 3 rings (SSSR count). The van der Waals surface area contributed by atoms with Gasteiger partial charge in [-0.05, 0) is 38.1 Å². The quantitative estimate of drug-likeness (QED) is 0.828. The van der Waals surface area contributed by atoms with Gasteiger partial charge in [-0.2, -0.15) is 0 Å². The van der Waals surface area contributed by atoms with Crippen molar-refractivity contribution < 1.29 is 0 Å². The van der Waals surface area contributed by atoms with Crippen LogP contribution >= 0.6 is 11.5 Å². The Bertz CT molecular complexity index is 568. The van der Waals surface area contributed by atoms with E-state index in [1.54, 1.807) is 6.20 Å². The van der Waals surface area contributed by atoms with E-state index in [0.717, 1.165) is 17.8 Å². The zero-order valence-electron chi connectivity index (χ0n) is 9.63. The molecule has 0 bridgehead atoms. The van der Waals surface area contributed by atoms with Crippen LogP contribution in [0.15, 0.2) is 23.1 Å². The van der Waals surface area contributed by atoms with Gasteiger partial charge in [0.05, 0.1) is 4.70 Å². The fraction of sp³-hybridized carbons (Fsp3) is 0.500. The van der Waals surface area contributed by atoms with E-state index in [9.17, 15) is 4.79 Å². The summed E-state index contributed by atoms with van der Waals surface area (Å²) in [7, 11) is 0. The summed E-state index contributed by atoms with van der Waals surface area (Å²) in [5.41, 5.74) is 0.670. The van der Waals surface area contributed by atoms with Gasteiger partial charge in [0, 0.05) is 19.3 Å². The van der Waals surface area contributed by atoms with Crippen molar-refractivity contribution >= 4 is 21.7 Å². The van der Waals surface area contributed by atoms with E-state index in [4.69, 9.17) is 0 Å². The molecule has 0 saturated carbocycles. The smallest absolute Gasteiger partial charge is 0.287 e. The monoisotopic (exact) mass is 249 g/mol. The summed E-state index contributed by atoms with van der Waals surface area (Å²) in [4.78, 5) is 18.6. The molecular weight excluding hydrogens is 234 g/mol. The Kier molecular flexibility index (Phi) is 2.94. The van der Waals surface area contributed by atoms with Crippen LogP contribution in [0.4, 0.5) is 0 Å². The average molecular weight is 249 g/mol. The number of hydrogen-bond acceptors (Lipinski definition) is 4. The summed E-state index contributed by atoms with van der Waals surface area (Å²) in [6.45, 7) is 4.13. The third-order valence-electron chi connectivity index (χ3n) is 3.23. The van der Waals surface area contributed by atoms with Gasteiger partial charge in [0.1, 0.15) is 5.52 Å². The highest BCUT2D eigenvalue weighted by Gasteiger charge is 2.13. The normalized spacial score (nSPS) is 16.9. The highest BCUT2D eigenvalue weighted by atomic mass is 32.1. The molecule has 1 fully saturated rings. The number of likely N-dealkylation sites (tertiary alicyclic amines) is 1. The SMILES string of the molecule is O=c1c2ncccc2sn1CCN1CCCC1. The van der Waals surface area contributed by atoms with Crippen LogP contribution in [0.2, 0.25) is 0 Å². The van der Waals surface area contributed by atoms with Crippen molar-refractivity contribution in [2.45, 2.75) is 19.4 Å². The standard InChI is InChI=1S/C12H15N3OS/c16-12-11-10(4-3-5-13-11)17-15(12)9-8-14-6-1-2-7-14/h3-5H,1-2,6-9H2. The highest BCUT2D eigenvalue weighted by molar-refractivity contribution is 7.13. The Balaban J connectivity index is 1.80. The molecule has 5 heteroatoms. The summed E-state index contributed by atoms with van der Waals surface area (Å²) in [5, 5.41) is 0. The molecule has 1 saturated heterocycles. The maximum absolute atomic E-state index is 12.0. The van der Waals surface area contributed by atoms with Crippen molar-refractivity contribution in [3.63, 3.8) is 0 Å². The Morgan fingerprint density at radius 2 is 2.12 bits per heavy atom. The molecule has 2 aromatic rings. The van der Waals surface area contributed by atoms with Gasteiger partial charge in [-0.1, -0.05) is 11.5 Å². The number of fused-ring (bicyclic) bond motifs is 1. The van der Waals surface area contributed by atoms with E-state index < -0.39 is 0 Å². The van der Waals surface area contributed by atoms with Crippen molar-refractivity contribution in [2.75, 3.05) is 19.6 Å². The zero-order valence-corrected chi connectivity index (χ0v) is 10.4. The van der Waals surface area contributed by atoms with E-state index in [-0.39, 0.29) is 5.56 Å². The van der Waals surface area contributed by atoms with Gasteiger partial charge in [0.25, 0.3) is 5.56 Å². The minimum absolute atomic E-state index is 0.0600. The van der Waals surface area contributed by atoms with Gasteiger partial charge in [-0.25, -0.2) is 4.98 Å². The Morgan fingerprint density at radius 3 is 2.88 bits per heavy atom. The molecule has 0 aliphatic carbocycles. The Hall–Kier alpha value is -1.20. The molecule has 0 radical (unpaired) electrons. The second-order valence-electron chi connectivity index (χ2n) is 4.40. The molecule has 2 aromatic heterocycles. The van der Waals surface area contributed by atoms with Crippen LogP contribution in [0.1, 0.15) is 12.8 Å². The lowest BCUT2D eigenvalue weighted by molar-refractivity contribution is 0.326. The van der Waals surface area contributed by atoms with Crippen molar-refractivity contribution in [2.24, 2.45) is 0 Å². The van der Waals surface area contributed by atoms with Crippen LogP contribution in [-0.4, -0.2) is 33.5 Å². The van der Waals surface area contributed by atoms with Crippen molar-refractivity contribution in [1.29, 1.82) is 0 Å². The first-order chi connectivity index (χ1) is 8.34. The summed E-state index contributed by atoms with van der Waals surface area (Å²) in [6.07, 6.45) is 4.27. The predicted molar refractivity (Wildman–Crippen MR) is 69.6 cm³/mol. The summed E-state index contributed by atoms with van der Waals surface area (Å²) in [6, 6.07) is 3.84. The second-order valence-corrected chi connectivity index (χ2v) is 5.46. The first-order valence-electron chi connectivity index (χ1n) is 6.02. The van der Waals surface area contributed by atoms with E-state index in [1.807, 2.05) is 16.1 Å². The van der Waals surface area contributed by atoms with Gasteiger partial charge in [-0.3, -0.25) is 8.75 Å². The third kappa shape index (κ3) is 2.12. The lowest BCUT2D eigenvalue weighted by Gasteiger charge is -2.13. The Morgan fingerprint density at radius 1 is 1.29 bits per heavy atom. The first kappa shape index (κ1) is 10.9. The third-order valence-corrected chi connectivity index (χ3v) is 4.32. The van der Waals surface area contributed by atoms with Crippen molar-refractivity contribution in [1.82, 2.24) is 13.8 Å². The number of nitrogens with zero attached hydrogens (tertiary/aromatic N) is 3. The zero-order chi connectivity index (χ0) is 11.7. The summed E-state index contributed by atoms with van der Waals surface area (Å²) in [5.74, 6) is 0. The summed E-state index contributed by atoms with van der Waals surface area (Å²) < 4.78 is 2.81. The van der Waals surface area contributed by atoms with Gasteiger partial charge < -0.3 is 4.90 Å². The largest absolute Gasteiger partial charge is 0.302 e. The molecule has 0 unspecified atom stereocenters. The maximum atomic E-state index is 12.0. The van der Waals surface area contributed by atoms with Crippen molar-refractivity contribution in [3.05, 3.63) is 28.7 Å². The number of rotatable bonds is 3. The first-order valence-corrected chi connectivity index (χ1v) is 6.79. The maximum Gasteiger partial charge on any atom is 0.287 e. The van der Waals surface area contributed by atoms with Gasteiger partial charge in [0.15, 0.2) is 0 Å². The highest BCUT2D eigenvalue weighted by Crippen LogP contribution is 2.14. The van der Waals surface area contributed by atoms with E-state index in [1.165, 1.54) is 37.5 Å². The van der Waals surface area contributed by atoms with Crippen LogP contribution in [0.25, 0.3) is 10.2 Å². The predicted octanol–water partition coefficient (Wildman–Crippen LogP) is 1.55. The molecule has 0 atom stereocenters. The minimum atomic E-state index is 0.0600. The molecule has 1 aliphatic rings. The van der Waals surface area contributed by atoms with Crippen LogP contribution in [0.3, 0.4) is 0 Å². The Labute approximate surface area is 104 Å². The second kappa shape index (κ2) is 4.58. The molecule has 0 aromatic carbocycles. The molecule has 0 amide bonds. The summed E-state index contributed by atoms with van der Waals surface area (Å²) >= 11 is 1.52. The van der Waals surface area contributed by atoms with Crippen molar-refractivity contribution in [3.8, 4) is 0 Å². The fourth-order valence-electron chi connectivity index (χ4n) is 2.29. The van der Waals surface area contributed by atoms with Crippen LogP contribution in [0, 0.1) is 0 Å². The average Bonchev–Trinajstić information content (AvgIpc) is 2.96.